The van der Waals surface area contributed by atoms with Gasteiger partial charge < -0.3 is 4.90 Å². The minimum Gasteiger partial charge on any atom is -0.337 e. The highest BCUT2D eigenvalue weighted by Crippen LogP contribution is 2.25. The van der Waals surface area contributed by atoms with Gasteiger partial charge in [-0.15, -0.1) is 0 Å². The fourth-order valence-electron chi connectivity index (χ4n) is 2.95. The standard InChI is InChI=1S/C22H21FN2O3S/c1-24(16-17-10-6-8-14-20(17)23)22(26)19-13-7-9-15-21(19)29(27,28)25(2)18-11-4-3-5-12-18/h3-15H,16H2,1-2H3. The molecule has 7 heteroatoms. The lowest BCUT2D eigenvalue weighted by Gasteiger charge is -2.23. The molecule has 3 rings (SSSR count). The van der Waals surface area contributed by atoms with Crippen LogP contribution in [0.25, 0.3) is 0 Å². The van der Waals surface area contributed by atoms with E-state index in [4.69, 9.17) is 0 Å². The third-order valence-corrected chi connectivity index (χ3v) is 6.43. The summed E-state index contributed by atoms with van der Waals surface area (Å²) < 4.78 is 41.4. The van der Waals surface area contributed by atoms with E-state index in [1.165, 1.54) is 37.2 Å². The molecular formula is C22H21FN2O3S. The van der Waals surface area contributed by atoms with Crippen molar-refractivity contribution in [3.8, 4) is 0 Å². The molecule has 0 fully saturated rings. The van der Waals surface area contributed by atoms with Gasteiger partial charge in [0.05, 0.1) is 11.3 Å². The molecule has 0 aromatic heterocycles. The SMILES string of the molecule is CN(Cc1ccccc1F)C(=O)c1ccccc1S(=O)(=O)N(C)c1ccccc1. The predicted molar refractivity (Wildman–Crippen MR) is 111 cm³/mol. The molecular weight excluding hydrogens is 391 g/mol. The van der Waals surface area contributed by atoms with E-state index in [1.54, 1.807) is 60.7 Å². The maximum absolute atomic E-state index is 13.9. The highest BCUT2D eigenvalue weighted by Gasteiger charge is 2.28. The number of carbonyl (C=O) groups excluding carboxylic acids is 1. The lowest BCUT2D eigenvalue weighted by molar-refractivity contribution is 0.0780. The summed E-state index contributed by atoms with van der Waals surface area (Å²) in [6, 6.07) is 20.8. The second-order valence-electron chi connectivity index (χ2n) is 6.56. The Morgan fingerprint density at radius 1 is 0.862 bits per heavy atom. The van der Waals surface area contributed by atoms with Gasteiger partial charge in [0.2, 0.25) is 0 Å². The van der Waals surface area contributed by atoms with Gasteiger partial charge in [-0.2, -0.15) is 0 Å². The number of carbonyl (C=O) groups is 1. The second kappa shape index (κ2) is 8.45. The average molecular weight is 412 g/mol. The number of para-hydroxylation sites is 1. The molecule has 0 saturated heterocycles. The van der Waals surface area contributed by atoms with E-state index in [-0.39, 0.29) is 17.0 Å². The number of benzene rings is 3. The summed E-state index contributed by atoms with van der Waals surface area (Å²) in [6.07, 6.45) is 0. The third kappa shape index (κ3) is 4.30. The van der Waals surface area contributed by atoms with Crippen molar-refractivity contribution in [1.82, 2.24) is 4.90 Å². The topological polar surface area (TPSA) is 57.7 Å². The van der Waals surface area contributed by atoms with Gasteiger partial charge in [0.1, 0.15) is 10.7 Å². The highest BCUT2D eigenvalue weighted by molar-refractivity contribution is 7.92. The molecule has 1 amide bonds. The summed E-state index contributed by atoms with van der Waals surface area (Å²) in [5, 5.41) is 0. The first-order valence-corrected chi connectivity index (χ1v) is 10.4. The summed E-state index contributed by atoms with van der Waals surface area (Å²) in [5.74, 6) is -0.925. The van der Waals surface area contributed by atoms with Crippen molar-refractivity contribution in [1.29, 1.82) is 0 Å². The van der Waals surface area contributed by atoms with Crippen LogP contribution in [-0.2, 0) is 16.6 Å². The summed E-state index contributed by atoms with van der Waals surface area (Å²) in [7, 11) is -1.02. The molecule has 29 heavy (non-hydrogen) atoms. The molecule has 150 valence electrons. The van der Waals surface area contributed by atoms with Gasteiger partial charge in [-0.25, -0.2) is 12.8 Å². The molecule has 0 heterocycles. The Morgan fingerprint density at radius 2 is 1.45 bits per heavy atom. The number of halogens is 1. The molecule has 0 saturated carbocycles. The van der Waals surface area contributed by atoms with E-state index in [0.717, 1.165) is 4.31 Å². The maximum Gasteiger partial charge on any atom is 0.264 e. The normalized spacial score (nSPS) is 11.1. The van der Waals surface area contributed by atoms with Crippen LogP contribution < -0.4 is 4.31 Å². The van der Waals surface area contributed by atoms with E-state index in [0.29, 0.717) is 11.3 Å². The Kier molecular flexibility index (Phi) is 5.98. The Bertz CT molecular complexity index is 1120. The lowest BCUT2D eigenvalue weighted by Crippen LogP contribution is -2.31. The quantitative estimate of drug-likeness (QED) is 0.617. The average Bonchev–Trinajstić information content (AvgIpc) is 2.74. The largest absolute Gasteiger partial charge is 0.337 e. The predicted octanol–water partition coefficient (Wildman–Crippen LogP) is 3.92. The molecule has 0 aliphatic heterocycles. The molecule has 0 bridgehead atoms. The third-order valence-electron chi connectivity index (χ3n) is 4.59. The summed E-state index contributed by atoms with van der Waals surface area (Å²) in [6.45, 7) is 0.0222. The lowest BCUT2D eigenvalue weighted by atomic mass is 10.1. The van der Waals surface area contributed by atoms with Gasteiger partial charge in [-0.1, -0.05) is 48.5 Å². The molecule has 3 aromatic rings. The van der Waals surface area contributed by atoms with Crippen LogP contribution in [0.1, 0.15) is 15.9 Å². The fraction of sp³-hybridized carbons (Fsp3) is 0.136. The number of nitrogens with zero attached hydrogens (tertiary/aromatic N) is 2. The second-order valence-corrected chi connectivity index (χ2v) is 8.49. The Morgan fingerprint density at radius 3 is 2.14 bits per heavy atom. The summed E-state index contributed by atoms with van der Waals surface area (Å²) >= 11 is 0. The van der Waals surface area contributed by atoms with Crippen molar-refractivity contribution in [3.05, 3.63) is 95.8 Å². The van der Waals surface area contributed by atoms with Crippen LogP contribution >= 0.6 is 0 Å². The van der Waals surface area contributed by atoms with E-state index in [9.17, 15) is 17.6 Å². The summed E-state index contributed by atoms with van der Waals surface area (Å²) in [4.78, 5) is 14.2. The number of sulfonamides is 1. The number of hydrogen-bond acceptors (Lipinski definition) is 3. The summed E-state index contributed by atoms with van der Waals surface area (Å²) in [5.41, 5.74) is 0.869. The minimum absolute atomic E-state index is 0.0222. The van der Waals surface area contributed by atoms with Gasteiger partial charge in [-0.05, 0) is 30.3 Å². The molecule has 0 aliphatic carbocycles. The first-order chi connectivity index (χ1) is 13.8. The van der Waals surface area contributed by atoms with Crippen LogP contribution in [0, 0.1) is 5.82 Å². The highest BCUT2D eigenvalue weighted by atomic mass is 32.2. The maximum atomic E-state index is 13.9. The van der Waals surface area contributed by atoms with Crippen LogP contribution in [0.5, 0.6) is 0 Å². The number of amides is 1. The van der Waals surface area contributed by atoms with Gasteiger partial charge in [0, 0.05) is 26.2 Å². The monoisotopic (exact) mass is 412 g/mol. The van der Waals surface area contributed by atoms with Crippen LogP contribution in [0.3, 0.4) is 0 Å². The van der Waals surface area contributed by atoms with Crippen LogP contribution in [0.4, 0.5) is 10.1 Å². The molecule has 0 unspecified atom stereocenters. The Labute approximate surface area is 170 Å². The Hall–Kier alpha value is -3.19. The van der Waals surface area contributed by atoms with Gasteiger partial charge in [-0.3, -0.25) is 9.10 Å². The van der Waals surface area contributed by atoms with Crippen LogP contribution in [0.2, 0.25) is 0 Å². The van der Waals surface area contributed by atoms with Crippen molar-refractivity contribution in [2.75, 3.05) is 18.4 Å². The van der Waals surface area contributed by atoms with Crippen LogP contribution in [-0.4, -0.2) is 33.3 Å². The number of rotatable bonds is 6. The first-order valence-electron chi connectivity index (χ1n) is 8.94. The van der Waals surface area contributed by atoms with E-state index in [1.807, 2.05) is 0 Å². The van der Waals surface area contributed by atoms with E-state index >= 15 is 0 Å². The zero-order chi connectivity index (χ0) is 21.0. The molecule has 5 nitrogen and oxygen atoms in total. The fourth-order valence-corrected chi connectivity index (χ4v) is 4.33. The molecule has 0 radical (unpaired) electrons. The Balaban J connectivity index is 1.94. The molecule has 0 aliphatic rings. The van der Waals surface area contributed by atoms with Gasteiger partial charge >= 0.3 is 0 Å². The van der Waals surface area contributed by atoms with Gasteiger partial charge in [0.15, 0.2) is 0 Å². The molecule has 0 spiro atoms. The smallest absolute Gasteiger partial charge is 0.264 e. The number of anilines is 1. The zero-order valence-electron chi connectivity index (χ0n) is 16.1. The molecule has 0 N–H and O–H groups in total. The number of hydrogen-bond donors (Lipinski definition) is 0. The van der Waals surface area contributed by atoms with Crippen molar-refractivity contribution >= 4 is 21.6 Å². The molecule has 0 atom stereocenters. The minimum atomic E-state index is -3.97. The van der Waals surface area contributed by atoms with Crippen molar-refractivity contribution in [2.45, 2.75) is 11.4 Å². The zero-order valence-corrected chi connectivity index (χ0v) is 16.9. The van der Waals surface area contributed by atoms with Crippen LogP contribution in [0.15, 0.2) is 83.8 Å². The molecule has 3 aromatic carbocycles. The van der Waals surface area contributed by atoms with Crippen molar-refractivity contribution in [3.63, 3.8) is 0 Å². The van der Waals surface area contributed by atoms with E-state index in [2.05, 4.69) is 0 Å². The van der Waals surface area contributed by atoms with Crippen molar-refractivity contribution in [2.24, 2.45) is 0 Å². The van der Waals surface area contributed by atoms with Crippen molar-refractivity contribution < 1.29 is 17.6 Å². The first kappa shape index (κ1) is 20.5. The van der Waals surface area contributed by atoms with E-state index < -0.39 is 21.7 Å². The van der Waals surface area contributed by atoms with Gasteiger partial charge in [0.25, 0.3) is 15.9 Å².